The van der Waals surface area contributed by atoms with Gasteiger partial charge in [-0.15, -0.1) is 11.3 Å². The second kappa shape index (κ2) is 9.97. The monoisotopic (exact) mass is 407 g/mol. The van der Waals surface area contributed by atoms with E-state index in [4.69, 9.17) is 16.3 Å². The number of aliphatic imine (C=N–C) groups is 1. The lowest BCUT2D eigenvalue weighted by Gasteiger charge is -2.15. The highest BCUT2D eigenvalue weighted by atomic mass is 35.5. The third kappa shape index (κ3) is 6.41. The molecule has 7 heteroatoms. The van der Waals surface area contributed by atoms with Gasteiger partial charge in [0.15, 0.2) is 5.96 Å². The van der Waals surface area contributed by atoms with E-state index in [1.807, 2.05) is 37.3 Å². The summed E-state index contributed by atoms with van der Waals surface area (Å²) in [5.74, 6) is 2.28. The molecule has 1 aliphatic rings. The molecule has 27 heavy (non-hydrogen) atoms. The summed E-state index contributed by atoms with van der Waals surface area (Å²) in [6.45, 7) is 4.42. The van der Waals surface area contributed by atoms with Crippen LogP contribution in [0, 0.1) is 5.92 Å². The van der Waals surface area contributed by atoms with Crippen LogP contribution in [0.25, 0.3) is 0 Å². The molecule has 1 unspecified atom stereocenters. The molecule has 0 saturated heterocycles. The van der Waals surface area contributed by atoms with Crippen molar-refractivity contribution in [2.75, 3.05) is 19.7 Å². The second-order valence-electron chi connectivity index (χ2n) is 6.60. The SMILES string of the molecule is CCNC(=NCc1ccccc1OCC1CC1)NCC(O)c1ccc(Cl)s1. The maximum absolute atomic E-state index is 10.3. The molecule has 0 aliphatic heterocycles. The summed E-state index contributed by atoms with van der Waals surface area (Å²) in [4.78, 5) is 5.47. The van der Waals surface area contributed by atoms with Gasteiger partial charge in [0, 0.05) is 23.5 Å². The van der Waals surface area contributed by atoms with Crippen LogP contribution >= 0.6 is 22.9 Å². The first kappa shape index (κ1) is 20.0. The molecule has 2 aromatic rings. The van der Waals surface area contributed by atoms with Gasteiger partial charge in [-0.1, -0.05) is 29.8 Å². The average Bonchev–Trinajstić information content (AvgIpc) is 3.41. The summed E-state index contributed by atoms with van der Waals surface area (Å²) >= 11 is 7.32. The molecular weight excluding hydrogens is 382 g/mol. The Morgan fingerprint density at radius 1 is 1.30 bits per heavy atom. The van der Waals surface area contributed by atoms with Gasteiger partial charge in [0.1, 0.15) is 11.9 Å². The van der Waals surface area contributed by atoms with E-state index in [0.717, 1.165) is 29.3 Å². The van der Waals surface area contributed by atoms with Gasteiger partial charge >= 0.3 is 0 Å². The van der Waals surface area contributed by atoms with Crippen LogP contribution in [-0.2, 0) is 6.54 Å². The first-order valence-corrected chi connectivity index (χ1v) is 10.5. The van der Waals surface area contributed by atoms with Crippen molar-refractivity contribution in [3.63, 3.8) is 0 Å². The van der Waals surface area contributed by atoms with Gasteiger partial charge in [-0.3, -0.25) is 0 Å². The van der Waals surface area contributed by atoms with Crippen molar-refractivity contribution in [2.45, 2.75) is 32.4 Å². The Labute approximate surface area is 169 Å². The van der Waals surface area contributed by atoms with Crippen LogP contribution in [0.5, 0.6) is 5.75 Å². The van der Waals surface area contributed by atoms with Crippen molar-refractivity contribution in [1.29, 1.82) is 0 Å². The number of hydrogen-bond acceptors (Lipinski definition) is 4. The molecule has 0 spiro atoms. The first-order chi connectivity index (χ1) is 13.2. The summed E-state index contributed by atoms with van der Waals surface area (Å²) in [5, 5.41) is 16.7. The van der Waals surface area contributed by atoms with Crippen LogP contribution in [0.1, 0.15) is 36.3 Å². The topological polar surface area (TPSA) is 65.9 Å². The lowest BCUT2D eigenvalue weighted by molar-refractivity contribution is 0.184. The van der Waals surface area contributed by atoms with E-state index >= 15 is 0 Å². The number of guanidine groups is 1. The molecule has 1 fully saturated rings. The third-order valence-corrected chi connectivity index (χ3v) is 5.61. The zero-order valence-corrected chi connectivity index (χ0v) is 17.0. The molecule has 146 valence electrons. The lowest BCUT2D eigenvalue weighted by atomic mass is 10.2. The highest BCUT2D eigenvalue weighted by Gasteiger charge is 2.22. The zero-order valence-electron chi connectivity index (χ0n) is 15.5. The van der Waals surface area contributed by atoms with Crippen molar-refractivity contribution in [3.05, 3.63) is 51.2 Å². The Balaban J connectivity index is 1.58. The van der Waals surface area contributed by atoms with E-state index < -0.39 is 6.10 Å². The number of rotatable bonds is 9. The van der Waals surface area contributed by atoms with Crippen LogP contribution in [-0.4, -0.2) is 30.8 Å². The van der Waals surface area contributed by atoms with Crippen LogP contribution in [0.4, 0.5) is 0 Å². The number of nitrogens with one attached hydrogen (secondary N) is 2. The number of para-hydroxylation sites is 1. The number of aliphatic hydroxyl groups excluding tert-OH is 1. The third-order valence-electron chi connectivity index (χ3n) is 4.28. The summed E-state index contributed by atoms with van der Waals surface area (Å²) in [6.07, 6.45) is 1.92. The van der Waals surface area contributed by atoms with Gasteiger partial charge in [0.25, 0.3) is 0 Å². The molecule has 0 radical (unpaired) electrons. The van der Waals surface area contributed by atoms with E-state index in [1.54, 1.807) is 6.07 Å². The first-order valence-electron chi connectivity index (χ1n) is 9.32. The minimum atomic E-state index is -0.625. The van der Waals surface area contributed by atoms with Crippen molar-refractivity contribution in [1.82, 2.24) is 10.6 Å². The summed E-state index contributed by atoms with van der Waals surface area (Å²) in [6, 6.07) is 11.7. The predicted octanol–water partition coefficient (Wildman–Crippen LogP) is 3.98. The molecule has 0 bridgehead atoms. The summed E-state index contributed by atoms with van der Waals surface area (Å²) in [5.41, 5.74) is 1.06. The normalized spacial score (nSPS) is 15.4. The number of benzene rings is 1. The standard InChI is InChI=1S/C20H26ClN3O2S/c1-2-22-20(24-12-16(25)18-9-10-19(21)27-18)23-11-15-5-3-4-6-17(15)26-13-14-7-8-14/h3-6,9-10,14,16,25H,2,7-8,11-13H2,1H3,(H2,22,23,24). The Kier molecular flexibility index (Phi) is 7.38. The Morgan fingerprint density at radius 2 is 2.11 bits per heavy atom. The van der Waals surface area contributed by atoms with Crippen LogP contribution in [0.15, 0.2) is 41.4 Å². The number of halogens is 1. The Bertz CT molecular complexity index is 761. The van der Waals surface area contributed by atoms with Crippen molar-refractivity contribution in [2.24, 2.45) is 10.9 Å². The van der Waals surface area contributed by atoms with E-state index in [-0.39, 0.29) is 0 Å². The van der Waals surface area contributed by atoms with Gasteiger partial charge in [-0.05, 0) is 43.9 Å². The molecule has 1 aromatic carbocycles. The molecule has 1 aliphatic carbocycles. The fourth-order valence-corrected chi connectivity index (χ4v) is 3.62. The number of thiophene rings is 1. The fourth-order valence-electron chi connectivity index (χ4n) is 2.57. The number of hydrogen-bond donors (Lipinski definition) is 3. The predicted molar refractivity (Wildman–Crippen MR) is 112 cm³/mol. The average molecular weight is 408 g/mol. The van der Waals surface area contributed by atoms with Gasteiger partial charge in [0.2, 0.25) is 0 Å². The van der Waals surface area contributed by atoms with E-state index in [2.05, 4.69) is 15.6 Å². The molecule has 1 aromatic heterocycles. The number of aliphatic hydroxyl groups is 1. The molecule has 1 atom stereocenters. The smallest absolute Gasteiger partial charge is 0.191 e. The summed E-state index contributed by atoms with van der Waals surface area (Å²) < 4.78 is 6.62. The fraction of sp³-hybridized carbons (Fsp3) is 0.450. The van der Waals surface area contributed by atoms with Crippen molar-refractivity contribution < 1.29 is 9.84 Å². The van der Waals surface area contributed by atoms with Gasteiger partial charge in [-0.25, -0.2) is 4.99 Å². The maximum atomic E-state index is 10.3. The Hall–Kier alpha value is -1.76. The van der Waals surface area contributed by atoms with Gasteiger partial charge in [0.05, 0.1) is 17.5 Å². The lowest BCUT2D eigenvalue weighted by Crippen LogP contribution is -2.39. The van der Waals surface area contributed by atoms with E-state index in [9.17, 15) is 5.11 Å². The van der Waals surface area contributed by atoms with Crippen molar-refractivity contribution in [3.8, 4) is 5.75 Å². The van der Waals surface area contributed by atoms with E-state index in [0.29, 0.717) is 29.3 Å². The molecule has 1 heterocycles. The highest BCUT2D eigenvalue weighted by Crippen LogP contribution is 2.30. The van der Waals surface area contributed by atoms with Crippen LogP contribution in [0.3, 0.4) is 0 Å². The quantitative estimate of drug-likeness (QED) is 0.434. The highest BCUT2D eigenvalue weighted by molar-refractivity contribution is 7.16. The number of nitrogens with zero attached hydrogens (tertiary/aromatic N) is 1. The van der Waals surface area contributed by atoms with Gasteiger partial charge < -0.3 is 20.5 Å². The maximum Gasteiger partial charge on any atom is 0.191 e. The largest absolute Gasteiger partial charge is 0.493 e. The molecule has 5 nitrogen and oxygen atoms in total. The molecule has 1 saturated carbocycles. The minimum Gasteiger partial charge on any atom is -0.493 e. The zero-order chi connectivity index (χ0) is 19.1. The second-order valence-corrected chi connectivity index (χ2v) is 8.34. The molecular formula is C20H26ClN3O2S. The van der Waals surface area contributed by atoms with Crippen molar-refractivity contribution >= 4 is 28.9 Å². The Morgan fingerprint density at radius 3 is 2.81 bits per heavy atom. The van der Waals surface area contributed by atoms with Gasteiger partial charge in [-0.2, -0.15) is 0 Å². The summed E-state index contributed by atoms with van der Waals surface area (Å²) in [7, 11) is 0. The van der Waals surface area contributed by atoms with Crippen LogP contribution in [0.2, 0.25) is 4.34 Å². The number of ether oxygens (including phenoxy) is 1. The minimum absolute atomic E-state index is 0.364. The molecule has 0 amide bonds. The van der Waals surface area contributed by atoms with Crippen LogP contribution < -0.4 is 15.4 Å². The molecule has 3 N–H and O–H groups in total. The molecule has 3 rings (SSSR count). The van der Waals surface area contributed by atoms with E-state index in [1.165, 1.54) is 24.2 Å².